The Kier molecular flexibility index (Phi) is 6.34. The van der Waals surface area contributed by atoms with Crippen LogP contribution in [-0.2, 0) is 9.53 Å². The number of hydrogen-bond donors (Lipinski definition) is 1. The Hall–Kier alpha value is -1.67. The second-order valence-corrected chi connectivity index (χ2v) is 9.30. The van der Waals surface area contributed by atoms with Crippen molar-refractivity contribution in [1.82, 2.24) is 14.7 Å². The Morgan fingerprint density at radius 1 is 1.13 bits per heavy atom. The number of piperazine rings is 2. The van der Waals surface area contributed by atoms with Crippen LogP contribution < -0.4 is 0 Å². The molecule has 164 valence electrons. The second kappa shape index (κ2) is 8.83. The van der Waals surface area contributed by atoms with Crippen LogP contribution >= 0.6 is 11.6 Å². The molecule has 0 bridgehead atoms. The molecule has 0 radical (unpaired) electrons. The fourth-order valence-corrected chi connectivity index (χ4v) is 5.14. The fourth-order valence-electron chi connectivity index (χ4n) is 5.02. The molecule has 4 rings (SSSR count). The summed E-state index contributed by atoms with van der Waals surface area (Å²) in [6.45, 7) is 6.18. The summed E-state index contributed by atoms with van der Waals surface area (Å²) >= 11 is 5.96. The summed E-state index contributed by atoms with van der Waals surface area (Å²) in [6, 6.07) is 6.89. The van der Waals surface area contributed by atoms with Crippen molar-refractivity contribution in [2.75, 3.05) is 52.5 Å². The van der Waals surface area contributed by atoms with Crippen LogP contribution in [-0.4, -0.2) is 95.7 Å². The monoisotopic (exact) mass is 435 g/mol. The lowest BCUT2D eigenvalue weighted by molar-refractivity contribution is -0.146. The summed E-state index contributed by atoms with van der Waals surface area (Å²) in [6.07, 6.45) is 1.55. The predicted octanol–water partition coefficient (Wildman–Crippen LogP) is 1.49. The summed E-state index contributed by atoms with van der Waals surface area (Å²) in [5.41, 5.74) is 0.0535. The molecule has 3 aliphatic rings. The van der Waals surface area contributed by atoms with E-state index in [9.17, 15) is 14.7 Å². The number of aliphatic hydroxyl groups excluding tert-OH is 1. The van der Waals surface area contributed by atoms with Crippen molar-refractivity contribution in [1.29, 1.82) is 0 Å². The Balaban J connectivity index is 1.50. The second-order valence-electron chi connectivity index (χ2n) is 8.87. The largest absolute Gasteiger partial charge is 0.394 e. The maximum atomic E-state index is 13.1. The molecule has 1 aromatic rings. The van der Waals surface area contributed by atoms with Crippen LogP contribution in [0, 0.1) is 5.92 Å². The van der Waals surface area contributed by atoms with Gasteiger partial charge in [0.2, 0.25) is 5.91 Å². The highest BCUT2D eigenvalue weighted by molar-refractivity contribution is 6.30. The fraction of sp³-hybridized carbons (Fsp3) is 0.636. The molecule has 0 unspecified atom stereocenters. The Morgan fingerprint density at radius 2 is 1.80 bits per heavy atom. The molecule has 30 heavy (non-hydrogen) atoms. The molecular formula is C22H30ClN3O4. The number of rotatable bonds is 3. The summed E-state index contributed by atoms with van der Waals surface area (Å²) in [4.78, 5) is 32.2. The molecule has 0 saturated carbocycles. The van der Waals surface area contributed by atoms with Crippen LogP contribution in [0.25, 0.3) is 0 Å². The zero-order valence-electron chi connectivity index (χ0n) is 17.4. The number of carbonyl (C=O) groups excluding carboxylic acids is 2. The van der Waals surface area contributed by atoms with E-state index in [1.165, 1.54) is 0 Å². The molecule has 7 nitrogen and oxygen atoms in total. The van der Waals surface area contributed by atoms with Crippen molar-refractivity contribution in [3.8, 4) is 0 Å². The number of carbonyl (C=O) groups is 2. The molecule has 3 heterocycles. The van der Waals surface area contributed by atoms with Gasteiger partial charge in [0.25, 0.3) is 5.91 Å². The molecule has 0 aliphatic carbocycles. The Bertz CT molecular complexity index is 783. The van der Waals surface area contributed by atoms with E-state index in [2.05, 4.69) is 4.90 Å². The first-order chi connectivity index (χ1) is 14.4. The number of hydrogen-bond acceptors (Lipinski definition) is 5. The molecule has 1 N–H and O–H groups in total. The van der Waals surface area contributed by atoms with Gasteiger partial charge in [-0.2, -0.15) is 0 Å². The van der Waals surface area contributed by atoms with Gasteiger partial charge in [-0.05, 0) is 44.0 Å². The number of halogens is 1. The average molecular weight is 436 g/mol. The van der Waals surface area contributed by atoms with Gasteiger partial charge in [0.05, 0.1) is 12.1 Å². The van der Waals surface area contributed by atoms with E-state index in [0.29, 0.717) is 56.5 Å². The van der Waals surface area contributed by atoms with E-state index in [0.717, 1.165) is 12.8 Å². The normalized spacial score (nSPS) is 28.3. The van der Waals surface area contributed by atoms with Gasteiger partial charge in [-0.3, -0.25) is 14.5 Å². The lowest BCUT2D eigenvalue weighted by Crippen LogP contribution is -2.72. The highest BCUT2D eigenvalue weighted by Gasteiger charge is 2.47. The molecule has 3 saturated heterocycles. The van der Waals surface area contributed by atoms with E-state index < -0.39 is 5.54 Å². The van der Waals surface area contributed by atoms with E-state index >= 15 is 0 Å². The maximum absolute atomic E-state index is 13.1. The zero-order chi connectivity index (χ0) is 21.3. The van der Waals surface area contributed by atoms with Gasteiger partial charge in [0.1, 0.15) is 0 Å². The lowest BCUT2D eigenvalue weighted by Gasteiger charge is -2.56. The van der Waals surface area contributed by atoms with Crippen LogP contribution in [0.3, 0.4) is 0 Å². The molecule has 1 aromatic carbocycles. The third-order valence-electron chi connectivity index (χ3n) is 6.74. The van der Waals surface area contributed by atoms with Crippen molar-refractivity contribution in [2.24, 2.45) is 5.92 Å². The summed E-state index contributed by atoms with van der Waals surface area (Å²) in [5.74, 6) is 0.161. The molecule has 3 aliphatic heterocycles. The molecule has 2 atom stereocenters. The highest BCUT2D eigenvalue weighted by atomic mass is 35.5. The molecule has 2 amide bonds. The summed E-state index contributed by atoms with van der Waals surface area (Å²) in [5, 5.41) is 10.8. The van der Waals surface area contributed by atoms with Gasteiger partial charge in [0, 0.05) is 68.5 Å². The average Bonchev–Trinajstić information content (AvgIpc) is 2.78. The van der Waals surface area contributed by atoms with Crippen LogP contribution in [0.1, 0.15) is 30.1 Å². The van der Waals surface area contributed by atoms with Crippen molar-refractivity contribution < 1.29 is 19.4 Å². The van der Waals surface area contributed by atoms with Crippen LogP contribution in [0.5, 0.6) is 0 Å². The smallest absolute Gasteiger partial charge is 0.253 e. The predicted molar refractivity (Wildman–Crippen MR) is 113 cm³/mol. The molecule has 3 fully saturated rings. The van der Waals surface area contributed by atoms with E-state index in [-0.39, 0.29) is 30.4 Å². The number of amides is 2. The number of benzene rings is 1. The van der Waals surface area contributed by atoms with Crippen LogP contribution in [0.2, 0.25) is 5.02 Å². The number of fused-ring (bicyclic) bond motifs is 1. The van der Waals surface area contributed by atoms with Crippen molar-refractivity contribution in [3.05, 3.63) is 34.9 Å². The molecule has 0 aromatic heterocycles. The Labute approximate surface area is 182 Å². The molecule has 0 spiro atoms. The first kappa shape index (κ1) is 21.6. The minimum atomic E-state index is -0.529. The highest BCUT2D eigenvalue weighted by Crippen LogP contribution is 2.30. The van der Waals surface area contributed by atoms with Crippen LogP contribution in [0.15, 0.2) is 24.3 Å². The molecule has 8 heteroatoms. The van der Waals surface area contributed by atoms with Gasteiger partial charge in [-0.1, -0.05) is 11.6 Å². The quantitative estimate of drug-likeness (QED) is 0.778. The lowest BCUT2D eigenvalue weighted by atomic mass is 9.90. The van der Waals surface area contributed by atoms with Crippen molar-refractivity contribution >= 4 is 23.4 Å². The van der Waals surface area contributed by atoms with E-state index in [1.54, 1.807) is 24.3 Å². The minimum Gasteiger partial charge on any atom is -0.394 e. The van der Waals surface area contributed by atoms with Crippen molar-refractivity contribution in [2.45, 2.75) is 31.3 Å². The van der Waals surface area contributed by atoms with E-state index in [1.807, 2.05) is 16.7 Å². The van der Waals surface area contributed by atoms with Gasteiger partial charge in [-0.15, -0.1) is 0 Å². The Morgan fingerprint density at radius 3 is 2.47 bits per heavy atom. The standard InChI is InChI=1S/C22H30ClN3O4/c1-22(15-27)14-25(21(29)16-2-4-18(23)5-3-16)13-19-12-24(8-9-26(19)22)20(28)17-6-10-30-11-7-17/h2-5,17,19,27H,6-15H2,1H3/t19-,22-/m0/s1. The van der Waals surface area contributed by atoms with Gasteiger partial charge in [-0.25, -0.2) is 0 Å². The third kappa shape index (κ3) is 4.21. The number of aliphatic hydroxyl groups is 1. The van der Waals surface area contributed by atoms with Gasteiger partial charge < -0.3 is 19.6 Å². The molecular weight excluding hydrogens is 406 g/mol. The van der Waals surface area contributed by atoms with Crippen molar-refractivity contribution in [3.63, 3.8) is 0 Å². The number of ether oxygens (including phenoxy) is 1. The SMILES string of the molecule is C[C@@]1(CO)CN(C(=O)c2ccc(Cl)cc2)C[C@@H]2CN(C(=O)C3CCOCC3)CCN21. The first-order valence-corrected chi connectivity index (χ1v) is 11.1. The third-order valence-corrected chi connectivity index (χ3v) is 6.99. The minimum absolute atomic E-state index is 0.00434. The summed E-state index contributed by atoms with van der Waals surface area (Å²) < 4.78 is 5.40. The van der Waals surface area contributed by atoms with E-state index in [4.69, 9.17) is 16.3 Å². The van der Waals surface area contributed by atoms with Gasteiger partial charge in [0.15, 0.2) is 0 Å². The van der Waals surface area contributed by atoms with Crippen LogP contribution in [0.4, 0.5) is 0 Å². The number of nitrogens with zero attached hydrogens (tertiary/aromatic N) is 3. The first-order valence-electron chi connectivity index (χ1n) is 10.7. The topological polar surface area (TPSA) is 73.3 Å². The zero-order valence-corrected chi connectivity index (χ0v) is 18.2. The summed E-state index contributed by atoms with van der Waals surface area (Å²) in [7, 11) is 0. The maximum Gasteiger partial charge on any atom is 0.253 e. The van der Waals surface area contributed by atoms with Gasteiger partial charge >= 0.3 is 0 Å².